The van der Waals surface area contributed by atoms with Crippen molar-refractivity contribution in [2.75, 3.05) is 33.7 Å². The first-order valence-corrected chi connectivity index (χ1v) is 7.30. The summed E-state index contributed by atoms with van der Waals surface area (Å²) in [6.07, 6.45) is 2.12. The first-order valence-electron chi connectivity index (χ1n) is 7.30. The molecule has 0 aromatic carbocycles. The van der Waals surface area contributed by atoms with Crippen LogP contribution in [0.15, 0.2) is 0 Å². The first-order chi connectivity index (χ1) is 9.32. The molecule has 1 fully saturated rings. The number of hydrogen-bond donors (Lipinski definition) is 2. The minimum Gasteiger partial charge on any atom is -0.346 e. The number of likely N-dealkylation sites (N-methyl/N-ethyl adjacent to an activating group) is 1. The van der Waals surface area contributed by atoms with Crippen LogP contribution in [0.4, 0.5) is 0 Å². The van der Waals surface area contributed by atoms with E-state index in [-0.39, 0.29) is 49.1 Å². The molecule has 132 valence electrons. The van der Waals surface area contributed by atoms with Crippen LogP contribution in [0.5, 0.6) is 0 Å². The summed E-state index contributed by atoms with van der Waals surface area (Å²) in [4.78, 5) is 27.8. The number of halogens is 2. The molecule has 22 heavy (non-hydrogen) atoms. The molecule has 0 radical (unpaired) electrons. The molecule has 0 aromatic heterocycles. The number of likely N-dealkylation sites (tertiary alicyclic amines) is 1. The Kier molecular flexibility index (Phi) is 11.9. The van der Waals surface area contributed by atoms with E-state index in [1.165, 1.54) is 0 Å². The maximum atomic E-state index is 12.1. The highest BCUT2D eigenvalue weighted by Crippen LogP contribution is 2.13. The number of rotatable bonds is 5. The summed E-state index contributed by atoms with van der Waals surface area (Å²) in [5.74, 6) is -0.214. The summed E-state index contributed by atoms with van der Waals surface area (Å²) < 4.78 is 0. The van der Waals surface area contributed by atoms with E-state index in [4.69, 9.17) is 5.73 Å². The molecule has 2 amide bonds. The lowest BCUT2D eigenvalue weighted by molar-refractivity contribution is -0.134. The molecule has 1 heterocycles. The third-order valence-corrected chi connectivity index (χ3v) is 3.91. The minimum absolute atomic E-state index is 0. The Morgan fingerprint density at radius 1 is 1.32 bits per heavy atom. The number of nitrogens with zero attached hydrogens (tertiary/aromatic N) is 2. The standard InChI is InChI=1S/C14H28N4O2.2ClH/c1-10(2)13(15)14(20)16-8-12(19)18-7-5-6-11(9-18)17(3)4;;/h10-11,13H,5-9,15H2,1-4H3,(H,16,20);2*1H/t11?,13-;;/m0../s1. The van der Waals surface area contributed by atoms with Crippen LogP contribution in [-0.4, -0.2) is 67.4 Å². The van der Waals surface area contributed by atoms with Crippen LogP contribution in [0.2, 0.25) is 0 Å². The number of carbonyl (C=O) groups excluding carboxylic acids is 2. The zero-order valence-electron chi connectivity index (χ0n) is 13.9. The Bertz CT molecular complexity index is 354. The van der Waals surface area contributed by atoms with Crippen molar-refractivity contribution in [2.24, 2.45) is 11.7 Å². The summed E-state index contributed by atoms with van der Waals surface area (Å²) in [5, 5.41) is 2.64. The van der Waals surface area contributed by atoms with Gasteiger partial charge in [0.1, 0.15) is 0 Å². The highest BCUT2D eigenvalue weighted by molar-refractivity contribution is 5.87. The molecule has 3 N–H and O–H groups in total. The van der Waals surface area contributed by atoms with Crippen molar-refractivity contribution in [1.29, 1.82) is 0 Å². The molecule has 0 saturated carbocycles. The normalized spacial score (nSPS) is 19.2. The van der Waals surface area contributed by atoms with Crippen LogP contribution >= 0.6 is 24.8 Å². The fourth-order valence-electron chi connectivity index (χ4n) is 2.30. The molecule has 1 rings (SSSR count). The van der Waals surface area contributed by atoms with E-state index >= 15 is 0 Å². The summed E-state index contributed by atoms with van der Waals surface area (Å²) in [7, 11) is 4.06. The molecular weight excluding hydrogens is 327 g/mol. The Hall–Kier alpha value is -0.560. The molecule has 0 aliphatic carbocycles. The maximum absolute atomic E-state index is 12.1. The van der Waals surface area contributed by atoms with Crippen molar-refractivity contribution in [3.05, 3.63) is 0 Å². The molecule has 1 aliphatic rings. The predicted molar refractivity (Wildman–Crippen MR) is 93.6 cm³/mol. The van der Waals surface area contributed by atoms with E-state index in [0.717, 1.165) is 25.9 Å². The third-order valence-electron chi connectivity index (χ3n) is 3.91. The zero-order chi connectivity index (χ0) is 15.3. The van der Waals surface area contributed by atoms with Gasteiger partial charge in [-0.3, -0.25) is 9.59 Å². The molecule has 1 aliphatic heterocycles. The van der Waals surface area contributed by atoms with Crippen molar-refractivity contribution < 1.29 is 9.59 Å². The van der Waals surface area contributed by atoms with Crippen molar-refractivity contribution >= 4 is 36.6 Å². The second-order valence-electron chi connectivity index (χ2n) is 6.09. The number of nitrogens with two attached hydrogens (primary N) is 1. The SMILES string of the molecule is CC(C)[C@H](N)C(=O)NCC(=O)N1CCCC(N(C)C)C1.Cl.Cl. The van der Waals surface area contributed by atoms with Crippen LogP contribution in [0.3, 0.4) is 0 Å². The van der Waals surface area contributed by atoms with Gasteiger partial charge in [-0.25, -0.2) is 0 Å². The lowest BCUT2D eigenvalue weighted by atomic mass is 10.0. The van der Waals surface area contributed by atoms with Gasteiger partial charge in [-0.15, -0.1) is 24.8 Å². The van der Waals surface area contributed by atoms with Crippen molar-refractivity contribution in [3.63, 3.8) is 0 Å². The van der Waals surface area contributed by atoms with Crippen LogP contribution < -0.4 is 11.1 Å². The monoisotopic (exact) mass is 356 g/mol. The van der Waals surface area contributed by atoms with Crippen LogP contribution in [-0.2, 0) is 9.59 Å². The number of carbonyl (C=O) groups is 2. The Morgan fingerprint density at radius 3 is 2.41 bits per heavy atom. The molecular formula is C14H30Cl2N4O2. The molecule has 6 nitrogen and oxygen atoms in total. The van der Waals surface area contributed by atoms with E-state index in [1.807, 2.05) is 32.8 Å². The summed E-state index contributed by atoms with van der Waals surface area (Å²) >= 11 is 0. The van der Waals surface area contributed by atoms with Crippen LogP contribution in [0, 0.1) is 5.92 Å². The average molecular weight is 357 g/mol. The molecule has 1 saturated heterocycles. The molecule has 1 unspecified atom stereocenters. The highest BCUT2D eigenvalue weighted by atomic mass is 35.5. The average Bonchev–Trinajstić information content (AvgIpc) is 2.43. The number of nitrogens with one attached hydrogen (secondary N) is 1. The van der Waals surface area contributed by atoms with Gasteiger partial charge in [0.2, 0.25) is 11.8 Å². The van der Waals surface area contributed by atoms with Gasteiger partial charge in [0.05, 0.1) is 12.6 Å². The second-order valence-corrected chi connectivity index (χ2v) is 6.09. The predicted octanol–water partition coefficient (Wildman–Crippen LogP) is 0.482. The Morgan fingerprint density at radius 2 is 1.91 bits per heavy atom. The van der Waals surface area contributed by atoms with Gasteiger partial charge < -0.3 is 20.9 Å². The minimum atomic E-state index is -0.557. The molecule has 0 aromatic rings. The first kappa shape index (κ1) is 23.7. The van der Waals surface area contributed by atoms with Gasteiger partial charge >= 0.3 is 0 Å². The van der Waals surface area contributed by atoms with Gasteiger partial charge in [-0.05, 0) is 32.9 Å². The molecule has 2 atom stereocenters. The lowest BCUT2D eigenvalue weighted by Gasteiger charge is -2.36. The molecule has 8 heteroatoms. The van der Waals surface area contributed by atoms with E-state index in [9.17, 15) is 9.59 Å². The van der Waals surface area contributed by atoms with Gasteiger partial charge in [0.15, 0.2) is 0 Å². The zero-order valence-corrected chi connectivity index (χ0v) is 15.5. The van der Waals surface area contributed by atoms with Gasteiger partial charge in [0.25, 0.3) is 0 Å². The van der Waals surface area contributed by atoms with Crippen molar-refractivity contribution in [2.45, 2.75) is 38.8 Å². The van der Waals surface area contributed by atoms with E-state index in [0.29, 0.717) is 6.04 Å². The van der Waals surface area contributed by atoms with E-state index in [1.54, 1.807) is 0 Å². The largest absolute Gasteiger partial charge is 0.346 e. The third kappa shape index (κ3) is 7.13. The van der Waals surface area contributed by atoms with Gasteiger partial charge in [-0.2, -0.15) is 0 Å². The van der Waals surface area contributed by atoms with Crippen molar-refractivity contribution in [3.8, 4) is 0 Å². The van der Waals surface area contributed by atoms with Crippen LogP contribution in [0.1, 0.15) is 26.7 Å². The quantitative estimate of drug-likeness (QED) is 0.750. The smallest absolute Gasteiger partial charge is 0.242 e. The highest BCUT2D eigenvalue weighted by Gasteiger charge is 2.25. The fourth-order valence-corrected chi connectivity index (χ4v) is 2.30. The summed E-state index contributed by atoms with van der Waals surface area (Å²) in [5.41, 5.74) is 5.74. The van der Waals surface area contributed by atoms with E-state index in [2.05, 4.69) is 10.2 Å². The Balaban J connectivity index is 0. The van der Waals surface area contributed by atoms with Crippen LogP contribution in [0.25, 0.3) is 0 Å². The Labute approximate surface area is 146 Å². The lowest BCUT2D eigenvalue weighted by Crippen LogP contribution is -2.52. The number of hydrogen-bond acceptors (Lipinski definition) is 4. The van der Waals surface area contributed by atoms with Crippen molar-refractivity contribution in [1.82, 2.24) is 15.1 Å². The van der Waals surface area contributed by atoms with E-state index < -0.39 is 6.04 Å². The van der Waals surface area contributed by atoms with Gasteiger partial charge in [-0.1, -0.05) is 13.8 Å². The second kappa shape index (κ2) is 11.0. The number of amides is 2. The summed E-state index contributed by atoms with van der Waals surface area (Å²) in [6, 6.07) is -0.153. The van der Waals surface area contributed by atoms with Gasteiger partial charge in [0, 0.05) is 19.1 Å². The number of piperidine rings is 1. The maximum Gasteiger partial charge on any atom is 0.242 e. The fraction of sp³-hybridized carbons (Fsp3) is 0.857. The molecule has 0 bridgehead atoms. The topological polar surface area (TPSA) is 78.7 Å². The summed E-state index contributed by atoms with van der Waals surface area (Å²) in [6.45, 7) is 5.32. The molecule has 0 spiro atoms.